The van der Waals surface area contributed by atoms with Crippen molar-refractivity contribution in [2.45, 2.75) is 25.4 Å². The number of esters is 1. The second-order valence-electron chi connectivity index (χ2n) is 3.72. The van der Waals surface area contributed by atoms with Crippen LogP contribution in [0.5, 0.6) is 0 Å². The number of benzene rings is 1. The predicted molar refractivity (Wildman–Crippen MR) is 58.4 cm³/mol. The summed E-state index contributed by atoms with van der Waals surface area (Å²) in [5, 5.41) is 0. The van der Waals surface area contributed by atoms with Crippen LogP contribution < -0.4 is 0 Å². The maximum absolute atomic E-state index is 11.0. The van der Waals surface area contributed by atoms with Crippen LogP contribution in [0.2, 0.25) is 0 Å². The Morgan fingerprint density at radius 3 is 2.80 bits per heavy atom. The van der Waals surface area contributed by atoms with Gasteiger partial charge in [0.15, 0.2) is 0 Å². The molecule has 0 aromatic heterocycles. The number of hydrogen-bond acceptors (Lipinski definition) is 2. The lowest BCUT2D eigenvalue weighted by Crippen LogP contribution is -2.20. The van der Waals surface area contributed by atoms with Gasteiger partial charge in [-0.3, -0.25) is 0 Å². The van der Waals surface area contributed by atoms with Crippen molar-refractivity contribution >= 4 is 5.97 Å². The van der Waals surface area contributed by atoms with Crippen LogP contribution in [0.15, 0.2) is 42.5 Å². The molecule has 1 aromatic rings. The zero-order chi connectivity index (χ0) is 10.5. The van der Waals surface area contributed by atoms with Crippen molar-refractivity contribution in [2.24, 2.45) is 0 Å². The van der Waals surface area contributed by atoms with E-state index in [4.69, 9.17) is 4.74 Å². The number of cyclic esters (lactones) is 1. The van der Waals surface area contributed by atoms with Crippen molar-refractivity contribution in [3.05, 3.63) is 48.0 Å². The molecule has 0 spiro atoms. The SMILES string of the molecule is O=C1C=CCC(CCc2ccccc2)O1. The highest BCUT2D eigenvalue weighted by Crippen LogP contribution is 2.14. The zero-order valence-electron chi connectivity index (χ0n) is 8.56. The second kappa shape index (κ2) is 4.78. The zero-order valence-corrected chi connectivity index (χ0v) is 8.56. The molecule has 2 rings (SSSR count). The molecule has 2 heteroatoms. The van der Waals surface area contributed by atoms with Gasteiger partial charge >= 0.3 is 5.97 Å². The fourth-order valence-corrected chi connectivity index (χ4v) is 1.72. The average Bonchev–Trinajstić information content (AvgIpc) is 2.28. The number of ether oxygens (including phenoxy) is 1. The molecule has 0 aliphatic carbocycles. The molecule has 0 bridgehead atoms. The van der Waals surface area contributed by atoms with Crippen LogP contribution in [0.25, 0.3) is 0 Å². The Balaban J connectivity index is 1.84. The van der Waals surface area contributed by atoms with E-state index < -0.39 is 0 Å². The van der Waals surface area contributed by atoms with E-state index in [1.165, 1.54) is 11.6 Å². The fraction of sp³-hybridized carbons (Fsp3) is 0.308. The maximum Gasteiger partial charge on any atom is 0.330 e. The molecule has 1 aromatic carbocycles. The summed E-state index contributed by atoms with van der Waals surface area (Å²) < 4.78 is 5.18. The monoisotopic (exact) mass is 202 g/mol. The molecule has 0 amide bonds. The summed E-state index contributed by atoms with van der Waals surface area (Å²) in [6.07, 6.45) is 6.16. The molecule has 0 N–H and O–H groups in total. The summed E-state index contributed by atoms with van der Waals surface area (Å²) >= 11 is 0. The van der Waals surface area contributed by atoms with Gasteiger partial charge in [0.2, 0.25) is 0 Å². The molecule has 15 heavy (non-hydrogen) atoms. The third-order valence-electron chi connectivity index (χ3n) is 2.53. The van der Waals surface area contributed by atoms with Crippen molar-refractivity contribution in [1.29, 1.82) is 0 Å². The Kier molecular flexibility index (Phi) is 3.18. The first-order chi connectivity index (χ1) is 7.34. The summed E-state index contributed by atoms with van der Waals surface area (Å²) in [5.74, 6) is -0.209. The fourth-order valence-electron chi connectivity index (χ4n) is 1.72. The Hall–Kier alpha value is -1.57. The predicted octanol–water partition coefficient (Wildman–Crippen LogP) is 2.49. The quantitative estimate of drug-likeness (QED) is 0.704. The molecule has 1 aliphatic rings. The third-order valence-corrected chi connectivity index (χ3v) is 2.53. The molecule has 1 unspecified atom stereocenters. The van der Waals surface area contributed by atoms with E-state index in [2.05, 4.69) is 12.1 Å². The molecular formula is C13H14O2. The number of rotatable bonds is 3. The minimum absolute atomic E-state index is 0.0581. The van der Waals surface area contributed by atoms with E-state index in [1.54, 1.807) is 0 Å². The average molecular weight is 202 g/mol. The molecule has 0 saturated heterocycles. The van der Waals surface area contributed by atoms with E-state index in [0.717, 1.165) is 19.3 Å². The van der Waals surface area contributed by atoms with Crippen molar-refractivity contribution < 1.29 is 9.53 Å². The van der Waals surface area contributed by atoms with Crippen molar-refractivity contribution in [3.63, 3.8) is 0 Å². The standard InChI is InChI=1S/C13H14O2/c14-13-8-4-7-12(15-13)10-9-11-5-2-1-3-6-11/h1-6,8,12H,7,9-10H2. The largest absolute Gasteiger partial charge is 0.459 e. The molecule has 78 valence electrons. The van der Waals surface area contributed by atoms with E-state index in [-0.39, 0.29) is 12.1 Å². The Bertz CT molecular complexity index is 354. The van der Waals surface area contributed by atoms with Crippen LogP contribution >= 0.6 is 0 Å². The summed E-state index contributed by atoms with van der Waals surface area (Å²) in [6.45, 7) is 0. The smallest absolute Gasteiger partial charge is 0.330 e. The molecule has 0 radical (unpaired) electrons. The van der Waals surface area contributed by atoms with Crippen LogP contribution in [0.4, 0.5) is 0 Å². The van der Waals surface area contributed by atoms with Crippen molar-refractivity contribution in [2.75, 3.05) is 0 Å². The van der Waals surface area contributed by atoms with Gasteiger partial charge in [-0.25, -0.2) is 4.79 Å². The van der Waals surface area contributed by atoms with Gasteiger partial charge in [-0.1, -0.05) is 36.4 Å². The first-order valence-corrected chi connectivity index (χ1v) is 5.25. The molecule has 1 aliphatic heterocycles. The first-order valence-electron chi connectivity index (χ1n) is 5.25. The van der Waals surface area contributed by atoms with E-state index in [9.17, 15) is 4.79 Å². The summed E-state index contributed by atoms with van der Waals surface area (Å²) in [4.78, 5) is 11.0. The minimum Gasteiger partial charge on any atom is -0.459 e. The molecule has 0 saturated carbocycles. The van der Waals surface area contributed by atoms with Gasteiger partial charge in [-0.2, -0.15) is 0 Å². The summed E-state index contributed by atoms with van der Waals surface area (Å²) in [7, 11) is 0. The van der Waals surface area contributed by atoms with Gasteiger partial charge < -0.3 is 4.74 Å². The first kappa shape index (κ1) is 9.97. The van der Waals surface area contributed by atoms with Gasteiger partial charge in [0.25, 0.3) is 0 Å². The van der Waals surface area contributed by atoms with Crippen LogP contribution in [0.3, 0.4) is 0 Å². The van der Waals surface area contributed by atoms with Gasteiger partial charge in [-0.15, -0.1) is 0 Å². The van der Waals surface area contributed by atoms with Crippen molar-refractivity contribution in [3.8, 4) is 0 Å². The van der Waals surface area contributed by atoms with Gasteiger partial charge in [-0.05, 0) is 18.4 Å². The van der Waals surface area contributed by atoms with Crippen LogP contribution in [0, 0.1) is 0 Å². The van der Waals surface area contributed by atoms with Crippen LogP contribution in [-0.4, -0.2) is 12.1 Å². The Morgan fingerprint density at radius 2 is 2.07 bits per heavy atom. The maximum atomic E-state index is 11.0. The van der Waals surface area contributed by atoms with E-state index >= 15 is 0 Å². The molecule has 2 nitrogen and oxygen atoms in total. The highest BCUT2D eigenvalue weighted by Gasteiger charge is 2.15. The number of carbonyl (C=O) groups excluding carboxylic acids is 1. The van der Waals surface area contributed by atoms with E-state index in [1.807, 2.05) is 24.3 Å². The lowest BCUT2D eigenvalue weighted by molar-refractivity contribution is -0.144. The molecular weight excluding hydrogens is 188 g/mol. The van der Waals surface area contributed by atoms with Crippen molar-refractivity contribution in [1.82, 2.24) is 0 Å². The Morgan fingerprint density at radius 1 is 1.27 bits per heavy atom. The molecule has 1 atom stereocenters. The van der Waals surface area contributed by atoms with Crippen LogP contribution in [-0.2, 0) is 16.0 Å². The van der Waals surface area contributed by atoms with Crippen LogP contribution in [0.1, 0.15) is 18.4 Å². The van der Waals surface area contributed by atoms with E-state index in [0.29, 0.717) is 0 Å². The minimum atomic E-state index is -0.209. The number of hydrogen-bond donors (Lipinski definition) is 0. The lowest BCUT2D eigenvalue weighted by Gasteiger charge is -2.18. The highest BCUT2D eigenvalue weighted by atomic mass is 16.5. The molecule has 1 heterocycles. The summed E-state index contributed by atoms with van der Waals surface area (Å²) in [6, 6.07) is 10.3. The third kappa shape index (κ3) is 2.94. The Labute approximate surface area is 89.6 Å². The van der Waals surface area contributed by atoms with Gasteiger partial charge in [0, 0.05) is 12.5 Å². The molecule has 0 fully saturated rings. The number of aryl methyl sites for hydroxylation is 1. The topological polar surface area (TPSA) is 26.3 Å². The summed E-state index contributed by atoms with van der Waals surface area (Å²) in [5.41, 5.74) is 1.29. The highest BCUT2D eigenvalue weighted by molar-refractivity contribution is 5.82. The van der Waals surface area contributed by atoms with Gasteiger partial charge in [0.1, 0.15) is 6.10 Å². The normalized spacial score (nSPS) is 20.0. The lowest BCUT2D eigenvalue weighted by atomic mass is 10.0. The van der Waals surface area contributed by atoms with Gasteiger partial charge in [0.05, 0.1) is 0 Å². The second-order valence-corrected chi connectivity index (χ2v) is 3.72. The number of carbonyl (C=O) groups is 1.